The first-order valence-corrected chi connectivity index (χ1v) is 5.29. The first kappa shape index (κ1) is 11.5. The van der Waals surface area contributed by atoms with Gasteiger partial charge in [0.05, 0.1) is 12.5 Å². The second-order valence-electron chi connectivity index (χ2n) is 4.00. The fourth-order valence-corrected chi connectivity index (χ4v) is 1.45. The summed E-state index contributed by atoms with van der Waals surface area (Å²) in [6, 6.07) is 0. The molecule has 0 bridgehead atoms. The van der Waals surface area contributed by atoms with Crippen LogP contribution in [0.2, 0.25) is 0 Å². The molecule has 0 aromatic rings. The molecule has 0 aromatic carbocycles. The van der Waals surface area contributed by atoms with Crippen molar-refractivity contribution in [1.82, 2.24) is 5.32 Å². The molecule has 2 atom stereocenters. The van der Waals surface area contributed by atoms with Crippen molar-refractivity contribution in [2.24, 2.45) is 17.6 Å². The molecule has 1 aliphatic heterocycles. The van der Waals surface area contributed by atoms with E-state index in [0.717, 1.165) is 19.4 Å². The number of nitrogens with one attached hydrogen (secondary N) is 1. The van der Waals surface area contributed by atoms with Gasteiger partial charge in [0.2, 0.25) is 5.91 Å². The molecule has 0 aromatic heterocycles. The number of amides is 1. The lowest BCUT2D eigenvalue weighted by atomic mass is 10.0. The Kier molecular flexibility index (Phi) is 4.90. The molecule has 0 radical (unpaired) electrons. The molecule has 1 saturated heterocycles. The summed E-state index contributed by atoms with van der Waals surface area (Å²) >= 11 is 0. The third-order valence-electron chi connectivity index (χ3n) is 2.56. The first-order chi connectivity index (χ1) is 6.74. The van der Waals surface area contributed by atoms with Gasteiger partial charge in [0.15, 0.2) is 0 Å². The van der Waals surface area contributed by atoms with Crippen LogP contribution in [0.1, 0.15) is 19.8 Å². The molecule has 0 aliphatic carbocycles. The molecule has 0 saturated carbocycles. The molecule has 14 heavy (non-hydrogen) atoms. The average molecular weight is 200 g/mol. The molecule has 4 nitrogen and oxygen atoms in total. The smallest absolute Gasteiger partial charge is 0.225 e. The van der Waals surface area contributed by atoms with Crippen LogP contribution in [0, 0.1) is 11.8 Å². The SMILES string of the molecule is CC(CN)CNC(=O)C1CCCOC1. The first-order valence-electron chi connectivity index (χ1n) is 5.29. The lowest BCUT2D eigenvalue weighted by Gasteiger charge is -2.22. The standard InChI is InChI=1S/C10H20N2O2/c1-8(5-11)6-12-10(13)9-3-2-4-14-7-9/h8-9H,2-7,11H2,1H3,(H,12,13). The largest absolute Gasteiger partial charge is 0.381 e. The van der Waals surface area contributed by atoms with Gasteiger partial charge in [0.25, 0.3) is 0 Å². The summed E-state index contributed by atoms with van der Waals surface area (Å²) in [6.45, 7) is 4.68. The molecule has 2 unspecified atom stereocenters. The summed E-state index contributed by atoms with van der Waals surface area (Å²) in [7, 11) is 0. The average Bonchev–Trinajstić information content (AvgIpc) is 2.26. The minimum atomic E-state index is 0.0497. The minimum absolute atomic E-state index is 0.0497. The normalized spacial score (nSPS) is 24.3. The number of rotatable bonds is 4. The van der Waals surface area contributed by atoms with E-state index in [9.17, 15) is 4.79 Å². The molecular formula is C10H20N2O2. The second-order valence-corrected chi connectivity index (χ2v) is 4.00. The van der Waals surface area contributed by atoms with Crippen LogP contribution in [0.3, 0.4) is 0 Å². The van der Waals surface area contributed by atoms with Crippen molar-refractivity contribution in [3.63, 3.8) is 0 Å². The Hall–Kier alpha value is -0.610. The number of carbonyl (C=O) groups is 1. The number of ether oxygens (including phenoxy) is 1. The summed E-state index contributed by atoms with van der Waals surface area (Å²) < 4.78 is 5.25. The van der Waals surface area contributed by atoms with Crippen molar-refractivity contribution in [3.05, 3.63) is 0 Å². The van der Waals surface area contributed by atoms with Crippen LogP contribution in [0.5, 0.6) is 0 Å². The maximum Gasteiger partial charge on any atom is 0.225 e. The van der Waals surface area contributed by atoms with Crippen molar-refractivity contribution < 1.29 is 9.53 Å². The molecule has 0 spiro atoms. The van der Waals surface area contributed by atoms with E-state index in [4.69, 9.17) is 10.5 Å². The number of nitrogens with two attached hydrogens (primary N) is 1. The maximum absolute atomic E-state index is 11.6. The highest BCUT2D eigenvalue weighted by Gasteiger charge is 2.21. The lowest BCUT2D eigenvalue weighted by molar-refractivity contribution is -0.129. The summed E-state index contributed by atoms with van der Waals surface area (Å²) in [5, 5.41) is 2.90. The van der Waals surface area contributed by atoms with Gasteiger partial charge in [0.1, 0.15) is 0 Å². The molecule has 4 heteroatoms. The van der Waals surface area contributed by atoms with Crippen LogP contribution in [0.4, 0.5) is 0 Å². The Morgan fingerprint density at radius 1 is 1.71 bits per heavy atom. The summed E-state index contributed by atoms with van der Waals surface area (Å²) in [5.41, 5.74) is 5.46. The van der Waals surface area contributed by atoms with Gasteiger partial charge in [-0.1, -0.05) is 6.92 Å². The predicted molar refractivity (Wildman–Crippen MR) is 54.8 cm³/mol. The molecule has 1 amide bonds. The van der Waals surface area contributed by atoms with Crippen LogP contribution in [-0.2, 0) is 9.53 Å². The second kappa shape index (κ2) is 5.98. The molecule has 1 rings (SSSR count). The van der Waals surface area contributed by atoms with Gasteiger partial charge in [-0.15, -0.1) is 0 Å². The minimum Gasteiger partial charge on any atom is -0.381 e. The summed E-state index contributed by atoms with van der Waals surface area (Å²) in [5.74, 6) is 0.516. The Balaban J connectivity index is 2.19. The van der Waals surface area contributed by atoms with E-state index < -0.39 is 0 Å². The highest BCUT2D eigenvalue weighted by atomic mass is 16.5. The monoisotopic (exact) mass is 200 g/mol. The van der Waals surface area contributed by atoms with Crippen molar-refractivity contribution in [2.75, 3.05) is 26.3 Å². The van der Waals surface area contributed by atoms with E-state index in [1.54, 1.807) is 0 Å². The van der Waals surface area contributed by atoms with Gasteiger partial charge in [-0.05, 0) is 25.3 Å². The van der Waals surface area contributed by atoms with Crippen molar-refractivity contribution in [2.45, 2.75) is 19.8 Å². The molecule has 1 aliphatic rings. The highest BCUT2D eigenvalue weighted by Crippen LogP contribution is 2.13. The van der Waals surface area contributed by atoms with Crippen LogP contribution >= 0.6 is 0 Å². The fraction of sp³-hybridized carbons (Fsp3) is 0.900. The maximum atomic E-state index is 11.6. The molecular weight excluding hydrogens is 180 g/mol. The Labute approximate surface area is 85.2 Å². The summed E-state index contributed by atoms with van der Waals surface area (Å²) in [4.78, 5) is 11.6. The highest BCUT2D eigenvalue weighted by molar-refractivity contribution is 5.78. The van der Waals surface area contributed by atoms with E-state index >= 15 is 0 Å². The Bertz CT molecular complexity index is 179. The zero-order chi connectivity index (χ0) is 10.4. The lowest BCUT2D eigenvalue weighted by Crippen LogP contribution is -2.38. The molecule has 1 fully saturated rings. The van der Waals surface area contributed by atoms with Crippen molar-refractivity contribution in [3.8, 4) is 0 Å². The van der Waals surface area contributed by atoms with Crippen molar-refractivity contribution >= 4 is 5.91 Å². The van der Waals surface area contributed by atoms with E-state index in [0.29, 0.717) is 25.6 Å². The molecule has 1 heterocycles. The quantitative estimate of drug-likeness (QED) is 0.677. The zero-order valence-corrected chi connectivity index (χ0v) is 8.79. The third-order valence-corrected chi connectivity index (χ3v) is 2.56. The van der Waals surface area contributed by atoms with Gasteiger partial charge in [0, 0.05) is 13.2 Å². The number of hydrogen-bond donors (Lipinski definition) is 2. The molecule has 82 valence electrons. The number of hydrogen-bond acceptors (Lipinski definition) is 3. The van der Waals surface area contributed by atoms with Crippen LogP contribution in [0.25, 0.3) is 0 Å². The third kappa shape index (κ3) is 3.64. The Morgan fingerprint density at radius 2 is 2.50 bits per heavy atom. The van der Waals surface area contributed by atoms with Crippen molar-refractivity contribution in [1.29, 1.82) is 0 Å². The van der Waals surface area contributed by atoms with Crippen LogP contribution in [-0.4, -0.2) is 32.2 Å². The van der Waals surface area contributed by atoms with Gasteiger partial charge >= 0.3 is 0 Å². The van der Waals surface area contributed by atoms with Crippen LogP contribution in [0.15, 0.2) is 0 Å². The van der Waals surface area contributed by atoms with Crippen LogP contribution < -0.4 is 11.1 Å². The summed E-state index contributed by atoms with van der Waals surface area (Å²) in [6.07, 6.45) is 1.94. The van der Waals surface area contributed by atoms with E-state index in [1.807, 2.05) is 6.92 Å². The number of carbonyl (C=O) groups excluding carboxylic acids is 1. The molecule has 3 N–H and O–H groups in total. The predicted octanol–water partition coefficient (Wildman–Crippen LogP) is 0.124. The van der Waals surface area contributed by atoms with Gasteiger partial charge in [-0.3, -0.25) is 4.79 Å². The van der Waals surface area contributed by atoms with Gasteiger partial charge in [-0.25, -0.2) is 0 Å². The van der Waals surface area contributed by atoms with E-state index in [2.05, 4.69) is 5.32 Å². The van der Waals surface area contributed by atoms with E-state index in [1.165, 1.54) is 0 Å². The topological polar surface area (TPSA) is 64.3 Å². The fourth-order valence-electron chi connectivity index (χ4n) is 1.45. The van der Waals surface area contributed by atoms with E-state index in [-0.39, 0.29) is 11.8 Å². The zero-order valence-electron chi connectivity index (χ0n) is 8.79. The van der Waals surface area contributed by atoms with Gasteiger partial charge in [-0.2, -0.15) is 0 Å². The Morgan fingerprint density at radius 3 is 3.07 bits per heavy atom. The van der Waals surface area contributed by atoms with Gasteiger partial charge < -0.3 is 15.8 Å².